The zero-order chi connectivity index (χ0) is 20.4. The fraction of sp³-hybridized carbons (Fsp3) is 0.273. The van der Waals surface area contributed by atoms with Gasteiger partial charge in [0.05, 0.1) is 13.7 Å². The summed E-state index contributed by atoms with van der Waals surface area (Å²) in [4.78, 5) is 28.1. The van der Waals surface area contributed by atoms with Crippen molar-refractivity contribution >= 4 is 23.2 Å². The van der Waals surface area contributed by atoms with E-state index in [9.17, 15) is 14.0 Å². The van der Waals surface area contributed by atoms with Crippen LogP contribution in [0.5, 0.6) is 5.75 Å². The van der Waals surface area contributed by atoms with Crippen molar-refractivity contribution in [3.05, 3.63) is 65.5 Å². The van der Waals surface area contributed by atoms with E-state index in [1.807, 2.05) is 30.3 Å². The van der Waals surface area contributed by atoms with Crippen LogP contribution in [0.4, 0.5) is 14.9 Å². The second-order valence-electron chi connectivity index (χ2n) is 7.14. The Morgan fingerprint density at radius 2 is 2.10 bits per heavy atom. The van der Waals surface area contributed by atoms with Crippen molar-refractivity contribution in [2.45, 2.75) is 13.0 Å². The molecule has 2 aliphatic rings. The summed E-state index contributed by atoms with van der Waals surface area (Å²) < 4.78 is 18.7. The van der Waals surface area contributed by atoms with Crippen molar-refractivity contribution in [3.8, 4) is 5.75 Å². The van der Waals surface area contributed by atoms with E-state index in [-0.39, 0.29) is 30.8 Å². The van der Waals surface area contributed by atoms with Crippen LogP contribution >= 0.6 is 0 Å². The lowest BCUT2D eigenvalue weighted by Gasteiger charge is -2.32. The normalized spacial score (nSPS) is 16.1. The van der Waals surface area contributed by atoms with Crippen molar-refractivity contribution < 1.29 is 18.7 Å². The Morgan fingerprint density at radius 1 is 1.24 bits per heavy atom. The maximum Gasteiger partial charge on any atom is 0.322 e. The summed E-state index contributed by atoms with van der Waals surface area (Å²) >= 11 is 0. The summed E-state index contributed by atoms with van der Waals surface area (Å²) in [6.45, 7) is 1.25. The summed E-state index contributed by atoms with van der Waals surface area (Å²) in [5.74, 6) is 0.313. The molecule has 2 aliphatic heterocycles. The summed E-state index contributed by atoms with van der Waals surface area (Å²) in [5, 5.41) is 2.71. The van der Waals surface area contributed by atoms with E-state index in [1.54, 1.807) is 12.0 Å². The SMILES string of the molecule is COc1cccc(C2=CCN(C(=O)CN3Cc4cc(F)ccc4NC3=O)CC2)c1. The van der Waals surface area contributed by atoms with Gasteiger partial charge in [-0.15, -0.1) is 0 Å². The Labute approximate surface area is 168 Å². The first-order valence-electron chi connectivity index (χ1n) is 9.49. The van der Waals surface area contributed by atoms with Crippen LogP contribution in [-0.4, -0.2) is 48.5 Å². The number of benzene rings is 2. The minimum Gasteiger partial charge on any atom is -0.497 e. The fourth-order valence-electron chi connectivity index (χ4n) is 3.66. The van der Waals surface area contributed by atoms with Crippen molar-refractivity contribution in [2.24, 2.45) is 0 Å². The monoisotopic (exact) mass is 395 g/mol. The van der Waals surface area contributed by atoms with E-state index in [1.165, 1.54) is 28.7 Å². The van der Waals surface area contributed by atoms with E-state index in [0.717, 1.165) is 17.7 Å². The third-order valence-corrected chi connectivity index (χ3v) is 5.29. The number of amides is 3. The van der Waals surface area contributed by atoms with Crippen molar-refractivity contribution in [1.82, 2.24) is 9.80 Å². The highest BCUT2D eigenvalue weighted by atomic mass is 19.1. The van der Waals surface area contributed by atoms with Gasteiger partial charge < -0.3 is 19.9 Å². The molecule has 0 saturated heterocycles. The Morgan fingerprint density at radius 3 is 2.86 bits per heavy atom. The lowest BCUT2D eigenvalue weighted by atomic mass is 9.99. The second-order valence-corrected chi connectivity index (χ2v) is 7.14. The van der Waals surface area contributed by atoms with E-state index in [0.29, 0.717) is 24.3 Å². The van der Waals surface area contributed by atoms with Crippen LogP contribution < -0.4 is 10.1 Å². The Bertz CT molecular complexity index is 989. The van der Waals surface area contributed by atoms with Gasteiger partial charge in [0, 0.05) is 18.8 Å². The average Bonchev–Trinajstić information content (AvgIpc) is 2.74. The van der Waals surface area contributed by atoms with Gasteiger partial charge in [-0.1, -0.05) is 18.2 Å². The molecule has 7 heteroatoms. The smallest absolute Gasteiger partial charge is 0.322 e. The van der Waals surface area contributed by atoms with Gasteiger partial charge in [0.15, 0.2) is 0 Å². The maximum absolute atomic E-state index is 13.5. The Hall–Kier alpha value is -3.35. The van der Waals surface area contributed by atoms with Crippen molar-refractivity contribution in [3.63, 3.8) is 0 Å². The first-order valence-corrected chi connectivity index (χ1v) is 9.49. The van der Waals surface area contributed by atoms with Gasteiger partial charge in [-0.25, -0.2) is 9.18 Å². The predicted octanol–water partition coefficient (Wildman–Crippen LogP) is 3.50. The number of hydrogen-bond acceptors (Lipinski definition) is 3. The first-order chi connectivity index (χ1) is 14.0. The number of urea groups is 1. The maximum atomic E-state index is 13.5. The van der Waals surface area contributed by atoms with Crippen LogP contribution in [0, 0.1) is 5.82 Å². The number of carbonyl (C=O) groups is 2. The number of nitrogens with zero attached hydrogens (tertiary/aromatic N) is 2. The van der Waals surface area contributed by atoms with Crippen LogP contribution in [0.1, 0.15) is 17.5 Å². The van der Waals surface area contributed by atoms with Gasteiger partial charge in [0.25, 0.3) is 0 Å². The molecular weight excluding hydrogens is 373 g/mol. The number of hydrogen-bond donors (Lipinski definition) is 1. The molecule has 0 bridgehead atoms. The molecule has 2 heterocycles. The highest BCUT2D eigenvalue weighted by molar-refractivity contribution is 5.95. The van der Waals surface area contributed by atoms with Gasteiger partial charge >= 0.3 is 6.03 Å². The standard InChI is InChI=1S/C22H22FN3O3/c1-29-19-4-2-3-16(12-19)15-7-9-25(10-8-15)21(27)14-26-13-17-11-18(23)5-6-20(17)24-22(26)28/h2-7,11-12H,8-10,13-14H2,1H3,(H,24,28). The van der Waals surface area contributed by atoms with Gasteiger partial charge in [0.1, 0.15) is 18.1 Å². The summed E-state index contributed by atoms with van der Waals surface area (Å²) in [6, 6.07) is 11.7. The quantitative estimate of drug-likeness (QED) is 0.862. The number of carbonyl (C=O) groups excluding carboxylic acids is 2. The number of anilines is 1. The molecule has 0 radical (unpaired) electrons. The molecule has 3 amide bonds. The summed E-state index contributed by atoms with van der Waals surface area (Å²) in [6.07, 6.45) is 2.77. The molecule has 2 aromatic carbocycles. The minimum atomic E-state index is -0.364. The molecule has 4 rings (SSSR count). The predicted molar refractivity (Wildman–Crippen MR) is 108 cm³/mol. The van der Waals surface area contributed by atoms with Crippen LogP contribution in [-0.2, 0) is 11.3 Å². The van der Waals surface area contributed by atoms with Crippen LogP contribution in [0.15, 0.2) is 48.5 Å². The zero-order valence-corrected chi connectivity index (χ0v) is 16.2. The number of ether oxygens (including phenoxy) is 1. The zero-order valence-electron chi connectivity index (χ0n) is 16.2. The number of fused-ring (bicyclic) bond motifs is 1. The molecule has 0 spiro atoms. The van der Waals surface area contributed by atoms with Crippen LogP contribution in [0.3, 0.4) is 0 Å². The largest absolute Gasteiger partial charge is 0.497 e. The lowest BCUT2D eigenvalue weighted by molar-refractivity contribution is -0.131. The fourth-order valence-corrected chi connectivity index (χ4v) is 3.66. The molecule has 6 nitrogen and oxygen atoms in total. The van der Waals surface area contributed by atoms with E-state index >= 15 is 0 Å². The van der Waals surface area contributed by atoms with E-state index < -0.39 is 0 Å². The van der Waals surface area contributed by atoms with Gasteiger partial charge in [-0.2, -0.15) is 0 Å². The average molecular weight is 395 g/mol. The third-order valence-electron chi connectivity index (χ3n) is 5.29. The van der Waals surface area contributed by atoms with Gasteiger partial charge in [-0.05, 0) is 53.5 Å². The van der Waals surface area contributed by atoms with Crippen molar-refractivity contribution in [1.29, 1.82) is 0 Å². The molecule has 2 aromatic rings. The Balaban J connectivity index is 1.40. The molecule has 0 atom stereocenters. The molecular formula is C22H22FN3O3. The summed E-state index contributed by atoms with van der Waals surface area (Å²) in [7, 11) is 1.64. The minimum absolute atomic E-state index is 0.0376. The molecule has 0 aliphatic carbocycles. The topological polar surface area (TPSA) is 61.9 Å². The number of methoxy groups -OCH3 is 1. The van der Waals surface area contributed by atoms with Crippen molar-refractivity contribution in [2.75, 3.05) is 32.1 Å². The van der Waals surface area contributed by atoms with E-state index in [4.69, 9.17) is 4.74 Å². The van der Waals surface area contributed by atoms with Crippen LogP contribution in [0.2, 0.25) is 0 Å². The van der Waals surface area contributed by atoms with Crippen LogP contribution in [0.25, 0.3) is 5.57 Å². The molecule has 0 fully saturated rings. The summed E-state index contributed by atoms with van der Waals surface area (Å²) in [5.41, 5.74) is 3.51. The molecule has 1 N–H and O–H groups in total. The molecule has 29 heavy (non-hydrogen) atoms. The van der Waals surface area contributed by atoms with Gasteiger partial charge in [0.2, 0.25) is 5.91 Å². The number of nitrogens with one attached hydrogen (secondary N) is 1. The molecule has 0 aromatic heterocycles. The highest BCUT2D eigenvalue weighted by Crippen LogP contribution is 2.27. The molecule has 0 unspecified atom stereocenters. The number of rotatable bonds is 4. The first kappa shape index (κ1) is 19.0. The van der Waals surface area contributed by atoms with E-state index in [2.05, 4.69) is 5.32 Å². The second kappa shape index (κ2) is 7.95. The van der Waals surface area contributed by atoms with Gasteiger partial charge in [-0.3, -0.25) is 4.79 Å². The highest BCUT2D eigenvalue weighted by Gasteiger charge is 2.27. The third kappa shape index (κ3) is 4.08. The molecule has 150 valence electrons. The Kier molecular flexibility index (Phi) is 5.20. The number of halogens is 1. The molecule has 0 saturated carbocycles. The lowest BCUT2D eigenvalue weighted by Crippen LogP contribution is -2.46.